The highest BCUT2D eigenvalue weighted by atomic mass is 35.5. The Morgan fingerprint density at radius 2 is 1.85 bits per heavy atom. The SMILES string of the molecule is CNC(=O)Nc1cccc(-c2nc(Nc3ccc(Cl)cc3)[nH]c(=O)c2C)c1. The lowest BCUT2D eigenvalue weighted by Gasteiger charge is -2.11. The summed E-state index contributed by atoms with van der Waals surface area (Å²) in [7, 11) is 1.54. The Bertz CT molecular complexity index is 1030. The highest BCUT2D eigenvalue weighted by Gasteiger charge is 2.11. The molecular formula is C19H18ClN5O2. The topological polar surface area (TPSA) is 98.9 Å². The first kappa shape index (κ1) is 18.5. The molecule has 0 unspecified atom stereocenters. The quantitative estimate of drug-likeness (QED) is 0.549. The van der Waals surface area contributed by atoms with Crippen molar-refractivity contribution in [3.63, 3.8) is 0 Å². The number of amides is 2. The molecule has 3 rings (SSSR count). The number of nitrogens with zero attached hydrogens (tertiary/aromatic N) is 1. The first-order valence-corrected chi connectivity index (χ1v) is 8.57. The van der Waals surface area contributed by atoms with Gasteiger partial charge in [-0.2, -0.15) is 0 Å². The summed E-state index contributed by atoms with van der Waals surface area (Å²) in [5.41, 5.74) is 2.81. The number of anilines is 3. The van der Waals surface area contributed by atoms with Gasteiger partial charge in [-0.25, -0.2) is 9.78 Å². The van der Waals surface area contributed by atoms with E-state index >= 15 is 0 Å². The average molecular weight is 384 g/mol. The lowest BCUT2D eigenvalue weighted by atomic mass is 10.1. The molecule has 0 bridgehead atoms. The third-order valence-corrected chi connectivity index (χ3v) is 4.13. The monoisotopic (exact) mass is 383 g/mol. The van der Waals surface area contributed by atoms with E-state index in [1.54, 1.807) is 49.4 Å². The van der Waals surface area contributed by atoms with Crippen LogP contribution in [0.2, 0.25) is 5.02 Å². The van der Waals surface area contributed by atoms with E-state index in [0.29, 0.717) is 33.5 Å². The zero-order valence-corrected chi connectivity index (χ0v) is 15.5. The fraction of sp³-hybridized carbons (Fsp3) is 0.105. The molecule has 0 aliphatic carbocycles. The molecule has 1 aromatic heterocycles. The van der Waals surface area contributed by atoms with Crippen molar-refractivity contribution in [3.8, 4) is 11.3 Å². The molecule has 1 heterocycles. The molecular weight excluding hydrogens is 366 g/mol. The van der Waals surface area contributed by atoms with Gasteiger partial charge < -0.3 is 16.0 Å². The summed E-state index contributed by atoms with van der Waals surface area (Å²) in [4.78, 5) is 31.1. The number of nitrogens with one attached hydrogen (secondary N) is 4. The molecule has 4 N–H and O–H groups in total. The van der Waals surface area contributed by atoms with E-state index in [0.717, 1.165) is 5.69 Å². The van der Waals surface area contributed by atoms with Crippen LogP contribution < -0.4 is 21.5 Å². The van der Waals surface area contributed by atoms with Crippen LogP contribution in [0.5, 0.6) is 0 Å². The molecule has 0 radical (unpaired) electrons. The first-order chi connectivity index (χ1) is 13.0. The van der Waals surface area contributed by atoms with Crippen molar-refractivity contribution in [2.45, 2.75) is 6.92 Å². The Balaban J connectivity index is 1.97. The molecule has 3 aromatic rings. The Morgan fingerprint density at radius 1 is 1.11 bits per heavy atom. The minimum atomic E-state index is -0.326. The van der Waals surface area contributed by atoms with E-state index < -0.39 is 0 Å². The lowest BCUT2D eigenvalue weighted by molar-refractivity contribution is 0.254. The van der Waals surface area contributed by atoms with Crippen LogP contribution in [0.25, 0.3) is 11.3 Å². The summed E-state index contributed by atoms with van der Waals surface area (Å²) >= 11 is 5.89. The number of aromatic nitrogens is 2. The van der Waals surface area contributed by atoms with Crippen molar-refractivity contribution < 1.29 is 4.79 Å². The molecule has 0 fully saturated rings. The fourth-order valence-electron chi connectivity index (χ4n) is 2.48. The first-order valence-electron chi connectivity index (χ1n) is 8.19. The van der Waals surface area contributed by atoms with E-state index in [4.69, 9.17) is 11.6 Å². The predicted octanol–water partition coefficient (Wildman–Crippen LogP) is 3.89. The van der Waals surface area contributed by atoms with Crippen molar-refractivity contribution in [1.82, 2.24) is 15.3 Å². The Hall–Kier alpha value is -3.32. The number of rotatable bonds is 4. The number of hydrogen-bond donors (Lipinski definition) is 4. The second-order valence-electron chi connectivity index (χ2n) is 5.80. The molecule has 2 aromatic carbocycles. The van der Waals surface area contributed by atoms with Crippen LogP contribution in [0.4, 0.5) is 22.1 Å². The zero-order valence-electron chi connectivity index (χ0n) is 14.8. The zero-order chi connectivity index (χ0) is 19.4. The van der Waals surface area contributed by atoms with Crippen molar-refractivity contribution in [1.29, 1.82) is 0 Å². The molecule has 0 aliphatic rings. The Labute approximate surface area is 160 Å². The third-order valence-electron chi connectivity index (χ3n) is 3.88. The van der Waals surface area contributed by atoms with Gasteiger partial charge in [-0.1, -0.05) is 23.7 Å². The summed E-state index contributed by atoms with van der Waals surface area (Å²) in [5.74, 6) is 0.313. The highest BCUT2D eigenvalue weighted by molar-refractivity contribution is 6.30. The number of hydrogen-bond acceptors (Lipinski definition) is 4. The van der Waals surface area contributed by atoms with Crippen LogP contribution in [0.3, 0.4) is 0 Å². The van der Waals surface area contributed by atoms with Crippen molar-refractivity contribution in [3.05, 3.63) is 69.5 Å². The van der Waals surface area contributed by atoms with E-state index in [1.165, 1.54) is 7.05 Å². The minimum Gasteiger partial charge on any atom is -0.341 e. The molecule has 2 amide bonds. The van der Waals surface area contributed by atoms with Gasteiger partial charge in [0, 0.05) is 34.6 Å². The fourth-order valence-corrected chi connectivity index (χ4v) is 2.61. The molecule has 0 atom stereocenters. The number of carbonyl (C=O) groups is 1. The van der Waals surface area contributed by atoms with E-state index in [-0.39, 0.29) is 11.6 Å². The average Bonchev–Trinajstić information content (AvgIpc) is 2.66. The van der Waals surface area contributed by atoms with E-state index in [9.17, 15) is 9.59 Å². The van der Waals surface area contributed by atoms with Crippen LogP contribution in [-0.4, -0.2) is 23.0 Å². The molecule has 0 saturated carbocycles. The summed E-state index contributed by atoms with van der Waals surface area (Å²) < 4.78 is 0. The lowest BCUT2D eigenvalue weighted by Crippen LogP contribution is -2.24. The molecule has 0 aliphatic heterocycles. The van der Waals surface area contributed by atoms with Crippen LogP contribution in [-0.2, 0) is 0 Å². The summed E-state index contributed by atoms with van der Waals surface area (Å²) in [6.45, 7) is 1.70. The molecule has 7 nitrogen and oxygen atoms in total. The maximum atomic E-state index is 12.4. The highest BCUT2D eigenvalue weighted by Crippen LogP contribution is 2.24. The van der Waals surface area contributed by atoms with Gasteiger partial charge in [0.1, 0.15) is 0 Å². The number of urea groups is 1. The molecule has 8 heteroatoms. The number of aromatic amines is 1. The molecule has 0 spiro atoms. The van der Waals surface area contributed by atoms with Crippen LogP contribution in [0.15, 0.2) is 53.3 Å². The predicted molar refractivity (Wildman–Crippen MR) is 108 cm³/mol. The maximum Gasteiger partial charge on any atom is 0.318 e. The molecule has 0 saturated heterocycles. The maximum absolute atomic E-state index is 12.4. The van der Waals surface area contributed by atoms with Gasteiger partial charge in [0.2, 0.25) is 5.95 Å². The van der Waals surface area contributed by atoms with Crippen LogP contribution in [0, 0.1) is 6.92 Å². The number of halogens is 1. The van der Waals surface area contributed by atoms with Gasteiger partial charge in [0.25, 0.3) is 5.56 Å². The third kappa shape index (κ3) is 4.45. The Kier molecular flexibility index (Phi) is 5.42. The molecule has 138 valence electrons. The van der Waals surface area contributed by atoms with Crippen molar-refractivity contribution in [2.24, 2.45) is 0 Å². The summed E-state index contributed by atoms with van der Waals surface area (Å²) in [5, 5.41) is 8.87. The van der Waals surface area contributed by atoms with Crippen LogP contribution >= 0.6 is 11.6 Å². The van der Waals surface area contributed by atoms with Gasteiger partial charge >= 0.3 is 6.03 Å². The molecule has 27 heavy (non-hydrogen) atoms. The normalized spacial score (nSPS) is 10.3. The number of H-pyrrole nitrogens is 1. The van der Waals surface area contributed by atoms with Crippen molar-refractivity contribution in [2.75, 3.05) is 17.7 Å². The second kappa shape index (κ2) is 7.92. The number of carbonyl (C=O) groups excluding carboxylic acids is 1. The van der Waals surface area contributed by atoms with Gasteiger partial charge in [0.05, 0.1) is 5.69 Å². The van der Waals surface area contributed by atoms with E-state index in [1.807, 2.05) is 6.07 Å². The van der Waals surface area contributed by atoms with Gasteiger partial charge in [0.15, 0.2) is 0 Å². The van der Waals surface area contributed by atoms with Crippen LogP contribution in [0.1, 0.15) is 5.56 Å². The standard InChI is InChI=1S/C19H18ClN5O2/c1-11-16(12-4-3-5-15(10-12)23-19(27)21-2)24-18(25-17(11)26)22-14-8-6-13(20)7-9-14/h3-10H,1-2H3,(H2,21,23,27)(H2,22,24,25,26). The van der Waals surface area contributed by atoms with Gasteiger partial charge in [-0.05, 0) is 43.3 Å². The smallest absolute Gasteiger partial charge is 0.318 e. The van der Waals surface area contributed by atoms with Crippen molar-refractivity contribution >= 4 is 35.0 Å². The minimum absolute atomic E-state index is 0.249. The summed E-state index contributed by atoms with van der Waals surface area (Å²) in [6.07, 6.45) is 0. The van der Waals surface area contributed by atoms with Gasteiger partial charge in [-0.3, -0.25) is 9.78 Å². The Morgan fingerprint density at radius 3 is 2.56 bits per heavy atom. The second-order valence-corrected chi connectivity index (χ2v) is 6.24. The van der Waals surface area contributed by atoms with E-state index in [2.05, 4.69) is 25.9 Å². The summed E-state index contributed by atoms with van der Waals surface area (Å²) in [6, 6.07) is 13.9. The number of benzene rings is 2. The largest absolute Gasteiger partial charge is 0.341 e. The van der Waals surface area contributed by atoms with Gasteiger partial charge in [-0.15, -0.1) is 0 Å².